The van der Waals surface area contributed by atoms with Crippen LogP contribution in [-0.2, 0) is 24.2 Å². The Morgan fingerprint density at radius 1 is 1.00 bits per heavy atom. The van der Waals surface area contributed by atoms with Crippen LogP contribution in [0, 0.1) is 0 Å². The van der Waals surface area contributed by atoms with E-state index in [0.717, 1.165) is 28.7 Å². The van der Waals surface area contributed by atoms with Gasteiger partial charge in [0.25, 0.3) is 0 Å². The van der Waals surface area contributed by atoms with Gasteiger partial charge in [-0.05, 0) is 28.7 Å². The lowest BCUT2D eigenvalue weighted by molar-refractivity contribution is -0.117. The number of primary amides is 1. The molecule has 0 aliphatic heterocycles. The van der Waals surface area contributed by atoms with Crippen LogP contribution in [0.1, 0.15) is 22.3 Å². The van der Waals surface area contributed by atoms with Gasteiger partial charge in [-0.2, -0.15) is 0 Å². The number of carbonyl (C=O) groups is 1. The van der Waals surface area contributed by atoms with Crippen LogP contribution in [0.3, 0.4) is 0 Å². The van der Waals surface area contributed by atoms with Crippen molar-refractivity contribution >= 4 is 5.91 Å². The Balaban J connectivity index is 2.24. The van der Waals surface area contributed by atoms with Crippen molar-refractivity contribution in [2.45, 2.75) is 19.4 Å². The number of aliphatic hydroxyl groups excluding tert-OH is 1. The zero-order valence-electron chi connectivity index (χ0n) is 10.7. The highest BCUT2D eigenvalue weighted by Crippen LogP contribution is 2.16. The van der Waals surface area contributed by atoms with Crippen molar-refractivity contribution in [1.82, 2.24) is 0 Å². The van der Waals surface area contributed by atoms with Gasteiger partial charge in [0.15, 0.2) is 0 Å². The van der Waals surface area contributed by atoms with E-state index in [1.807, 2.05) is 48.5 Å². The molecule has 0 bridgehead atoms. The molecule has 3 heteroatoms. The first-order valence-electron chi connectivity index (χ1n) is 6.23. The summed E-state index contributed by atoms with van der Waals surface area (Å²) in [6.07, 6.45) is 0.993. The third-order valence-corrected chi connectivity index (χ3v) is 3.05. The topological polar surface area (TPSA) is 63.3 Å². The molecule has 0 saturated heterocycles. The average molecular weight is 255 g/mol. The van der Waals surface area contributed by atoms with Crippen LogP contribution < -0.4 is 5.73 Å². The molecule has 3 N–H and O–H groups in total. The number of carbonyl (C=O) groups excluding carboxylic acids is 1. The molecule has 0 radical (unpaired) electrons. The number of amides is 1. The summed E-state index contributed by atoms with van der Waals surface area (Å²) in [6, 6.07) is 15.6. The molecule has 0 fully saturated rings. The minimum atomic E-state index is -0.323. The molecule has 0 atom stereocenters. The summed E-state index contributed by atoms with van der Waals surface area (Å²) in [4.78, 5) is 11.1. The van der Waals surface area contributed by atoms with Gasteiger partial charge >= 0.3 is 0 Å². The Hall–Kier alpha value is -2.13. The van der Waals surface area contributed by atoms with Crippen LogP contribution in [0.15, 0.2) is 48.5 Å². The highest BCUT2D eigenvalue weighted by atomic mass is 16.3. The Morgan fingerprint density at radius 2 is 1.68 bits per heavy atom. The number of rotatable bonds is 5. The van der Waals surface area contributed by atoms with E-state index in [9.17, 15) is 4.79 Å². The molecule has 1 amide bonds. The molecule has 0 unspecified atom stereocenters. The third-order valence-electron chi connectivity index (χ3n) is 3.05. The van der Waals surface area contributed by atoms with Crippen LogP contribution in [-0.4, -0.2) is 11.0 Å². The number of aliphatic hydroxyl groups is 1. The normalized spacial score (nSPS) is 10.4. The molecule has 0 aromatic heterocycles. The van der Waals surface area contributed by atoms with Crippen molar-refractivity contribution in [2.24, 2.45) is 5.73 Å². The zero-order chi connectivity index (χ0) is 13.7. The second kappa shape index (κ2) is 6.16. The predicted octanol–water partition coefficient (Wildman–Crippen LogP) is 1.80. The van der Waals surface area contributed by atoms with Crippen molar-refractivity contribution in [3.05, 3.63) is 70.8 Å². The largest absolute Gasteiger partial charge is 0.392 e. The molecular formula is C16H17NO2. The Labute approximate surface area is 112 Å². The molecule has 98 valence electrons. The molecule has 2 aromatic rings. The maximum absolute atomic E-state index is 11.1. The minimum Gasteiger partial charge on any atom is -0.392 e. The Morgan fingerprint density at radius 3 is 2.37 bits per heavy atom. The molecular weight excluding hydrogens is 238 g/mol. The minimum absolute atomic E-state index is 0.0385. The van der Waals surface area contributed by atoms with Gasteiger partial charge in [-0.1, -0.05) is 48.5 Å². The molecule has 0 spiro atoms. The highest BCUT2D eigenvalue weighted by molar-refractivity contribution is 5.77. The third kappa shape index (κ3) is 3.66. The summed E-state index contributed by atoms with van der Waals surface area (Å²) in [5.41, 5.74) is 9.32. The number of nitrogens with two attached hydrogens (primary N) is 1. The summed E-state index contributed by atoms with van der Waals surface area (Å²) in [7, 11) is 0. The van der Waals surface area contributed by atoms with Crippen molar-refractivity contribution < 1.29 is 9.90 Å². The highest BCUT2D eigenvalue weighted by Gasteiger charge is 2.06. The molecule has 3 nitrogen and oxygen atoms in total. The second-order valence-corrected chi connectivity index (χ2v) is 4.57. The molecule has 0 aliphatic carbocycles. The SMILES string of the molecule is NC(=O)Cc1ccccc1Cc1cccc(CO)c1. The van der Waals surface area contributed by atoms with Crippen LogP contribution in [0.25, 0.3) is 0 Å². The standard InChI is InChI=1S/C16H17NO2/c17-16(19)10-15-7-2-1-6-14(15)9-12-4-3-5-13(8-12)11-18/h1-8,18H,9-11H2,(H2,17,19). The lowest BCUT2D eigenvalue weighted by Crippen LogP contribution is -2.14. The fourth-order valence-corrected chi connectivity index (χ4v) is 2.15. The maximum atomic E-state index is 11.1. The fraction of sp³-hybridized carbons (Fsp3) is 0.188. The maximum Gasteiger partial charge on any atom is 0.221 e. The van der Waals surface area contributed by atoms with Gasteiger partial charge in [-0.3, -0.25) is 4.79 Å². The van der Waals surface area contributed by atoms with Crippen LogP contribution in [0.4, 0.5) is 0 Å². The molecule has 0 saturated carbocycles. The van der Waals surface area contributed by atoms with Gasteiger partial charge in [0.05, 0.1) is 13.0 Å². The van der Waals surface area contributed by atoms with Crippen LogP contribution in [0.5, 0.6) is 0 Å². The number of hydrogen-bond acceptors (Lipinski definition) is 2. The summed E-state index contributed by atoms with van der Waals surface area (Å²) in [6.45, 7) is 0.0385. The van der Waals surface area contributed by atoms with Crippen molar-refractivity contribution in [3.63, 3.8) is 0 Å². The van der Waals surface area contributed by atoms with Crippen molar-refractivity contribution in [2.75, 3.05) is 0 Å². The lowest BCUT2D eigenvalue weighted by atomic mass is 9.97. The van der Waals surface area contributed by atoms with E-state index in [0.29, 0.717) is 0 Å². The van der Waals surface area contributed by atoms with E-state index in [4.69, 9.17) is 10.8 Å². The van der Waals surface area contributed by atoms with Crippen LogP contribution in [0.2, 0.25) is 0 Å². The Kier molecular flexibility index (Phi) is 4.31. The van der Waals surface area contributed by atoms with E-state index in [1.54, 1.807) is 0 Å². The summed E-state index contributed by atoms with van der Waals surface area (Å²) in [5, 5.41) is 9.14. The van der Waals surface area contributed by atoms with Crippen molar-refractivity contribution in [3.8, 4) is 0 Å². The van der Waals surface area contributed by atoms with Gasteiger partial charge in [-0.25, -0.2) is 0 Å². The van der Waals surface area contributed by atoms with Gasteiger partial charge in [0, 0.05) is 0 Å². The van der Waals surface area contributed by atoms with E-state index < -0.39 is 0 Å². The molecule has 0 aliphatic rings. The van der Waals surface area contributed by atoms with Crippen molar-refractivity contribution in [1.29, 1.82) is 0 Å². The molecule has 19 heavy (non-hydrogen) atoms. The first kappa shape index (κ1) is 13.3. The quantitative estimate of drug-likeness (QED) is 0.855. The van der Waals surface area contributed by atoms with Gasteiger partial charge < -0.3 is 10.8 Å². The van der Waals surface area contributed by atoms with Gasteiger partial charge in [-0.15, -0.1) is 0 Å². The molecule has 2 aromatic carbocycles. The van der Waals surface area contributed by atoms with Gasteiger partial charge in [0.2, 0.25) is 5.91 Å². The zero-order valence-corrected chi connectivity index (χ0v) is 10.7. The molecule has 2 rings (SSSR count). The summed E-state index contributed by atoms with van der Waals surface area (Å²) < 4.78 is 0. The average Bonchev–Trinajstić information content (AvgIpc) is 2.41. The number of hydrogen-bond donors (Lipinski definition) is 2. The lowest BCUT2D eigenvalue weighted by Gasteiger charge is -2.09. The fourth-order valence-electron chi connectivity index (χ4n) is 2.15. The van der Waals surface area contributed by atoms with E-state index in [2.05, 4.69) is 0 Å². The predicted molar refractivity (Wildman–Crippen MR) is 74.5 cm³/mol. The summed E-state index contributed by atoms with van der Waals surface area (Å²) >= 11 is 0. The van der Waals surface area contributed by atoms with E-state index in [1.165, 1.54) is 0 Å². The first-order valence-corrected chi connectivity index (χ1v) is 6.23. The summed E-state index contributed by atoms with van der Waals surface area (Å²) in [5.74, 6) is -0.323. The van der Waals surface area contributed by atoms with Gasteiger partial charge in [0.1, 0.15) is 0 Å². The monoisotopic (exact) mass is 255 g/mol. The number of benzene rings is 2. The second-order valence-electron chi connectivity index (χ2n) is 4.57. The van der Waals surface area contributed by atoms with E-state index in [-0.39, 0.29) is 18.9 Å². The molecule has 0 heterocycles. The van der Waals surface area contributed by atoms with Crippen LogP contribution >= 0.6 is 0 Å². The Bertz CT molecular complexity index is 578. The first-order chi connectivity index (χ1) is 9.19. The van der Waals surface area contributed by atoms with E-state index >= 15 is 0 Å². The smallest absolute Gasteiger partial charge is 0.221 e.